The van der Waals surface area contributed by atoms with Crippen LogP contribution in [0.5, 0.6) is 0 Å². The molecule has 0 saturated carbocycles. The lowest BCUT2D eigenvalue weighted by Crippen LogP contribution is -2.53. The third kappa shape index (κ3) is 1.79. The summed E-state index contributed by atoms with van der Waals surface area (Å²) < 4.78 is 1.66. The molecule has 1 fully saturated rings. The SMILES string of the molecule is Cc1nn(C)c(C)c1C(=O)N1CC(C(=O)O)C1. The minimum atomic E-state index is -0.839. The largest absolute Gasteiger partial charge is 0.481 e. The van der Waals surface area contributed by atoms with Gasteiger partial charge in [0.05, 0.1) is 17.2 Å². The molecule has 17 heavy (non-hydrogen) atoms. The molecule has 1 aliphatic rings. The quantitative estimate of drug-likeness (QED) is 0.797. The highest BCUT2D eigenvalue weighted by Crippen LogP contribution is 2.22. The highest BCUT2D eigenvalue weighted by Gasteiger charge is 2.37. The van der Waals surface area contributed by atoms with Crippen LogP contribution in [-0.2, 0) is 11.8 Å². The van der Waals surface area contributed by atoms with E-state index < -0.39 is 11.9 Å². The Hall–Kier alpha value is -1.85. The van der Waals surface area contributed by atoms with Gasteiger partial charge in [-0.2, -0.15) is 5.10 Å². The smallest absolute Gasteiger partial charge is 0.310 e. The van der Waals surface area contributed by atoms with Crippen LogP contribution in [0.15, 0.2) is 0 Å². The van der Waals surface area contributed by atoms with Crippen molar-refractivity contribution in [1.82, 2.24) is 14.7 Å². The highest BCUT2D eigenvalue weighted by atomic mass is 16.4. The Balaban J connectivity index is 2.14. The van der Waals surface area contributed by atoms with E-state index in [1.165, 1.54) is 0 Å². The number of likely N-dealkylation sites (tertiary alicyclic amines) is 1. The second kappa shape index (κ2) is 3.87. The van der Waals surface area contributed by atoms with Gasteiger partial charge in [-0.05, 0) is 13.8 Å². The van der Waals surface area contributed by atoms with Crippen molar-refractivity contribution in [2.45, 2.75) is 13.8 Å². The summed E-state index contributed by atoms with van der Waals surface area (Å²) in [6.45, 7) is 4.21. The lowest BCUT2D eigenvalue weighted by atomic mass is 9.99. The molecule has 0 bridgehead atoms. The molecule has 1 amide bonds. The second-order valence-electron chi connectivity index (χ2n) is 4.41. The zero-order valence-corrected chi connectivity index (χ0v) is 10.1. The predicted octanol–water partition coefficient (Wildman–Crippen LogP) is 0.194. The lowest BCUT2D eigenvalue weighted by molar-refractivity contribution is -0.146. The van der Waals surface area contributed by atoms with Crippen LogP contribution >= 0.6 is 0 Å². The Morgan fingerprint density at radius 2 is 1.94 bits per heavy atom. The van der Waals surface area contributed by atoms with Gasteiger partial charge in [-0.15, -0.1) is 0 Å². The van der Waals surface area contributed by atoms with Gasteiger partial charge in [-0.25, -0.2) is 0 Å². The molecule has 0 aliphatic carbocycles. The van der Waals surface area contributed by atoms with Crippen molar-refractivity contribution in [1.29, 1.82) is 0 Å². The maximum atomic E-state index is 12.1. The van der Waals surface area contributed by atoms with Gasteiger partial charge in [0.15, 0.2) is 0 Å². The third-order valence-electron chi connectivity index (χ3n) is 3.24. The van der Waals surface area contributed by atoms with E-state index in [0.717, 1.165) is 5.69 Å². The van der Waals surface area contributed by atoms with Crippen molar-refractivity contribution >= 4 is 11.9 Å². The number of aromatic nitrogens is 2. The number of aliphatic carboxylic acids is 1. The molecule has 1 saturated heterocycles. The maximum Gasteiger partial charge on any atom is 0.310 e. The van der Waals surface area contributed by atoms with Crippen LogP contribution < -0.4 is 0 Å². The zero-order valence-electron chi connectivity index (χ0n) is 10.1. The highest BCUT2D eigenvalue weighted by molar-refractivity contribution is 5.97. The van der Waals surface area contributed by atoms with E-state index in [4.69, 9.17) is 5.11 Å². The minimum absolute atomic E-state index is 0.120. The number of carboxylic acids is 1. The fourth-order valence-electron chi connectivity index (χ4n) is 2.04. The molecule has 2 heterocycles. The molecular weight excluding hydrogens is 222 g/mol. The van der Waals surface area contributed by atoms with Crippen LogP contribution in [-0.4, -0.2) is 44.8 Å². The fourth-order valence-corrected chi connectivity index (χ4v) is 2.04. The van der Waals surface area contributed by atoms with Crippen molar-refractivity contribution < 1.29 is 14.7 Å². The molecule has 2 rings (SSSR count). The van der Waals surface area contributed by atoms with E-state index in [0.29, 0.717) is 24.3 Å². The number of aryl methyl sites for hydroxylation is 2. The van der Waals surface area contributed by atoms with Gasteiger partial charge in [-0.1, -0.05) is 0 Å². The number of hydrogen-bond donors (Lipinski definition) is 1. The molecule has 1 aromatic rings. The van der Waals surface area contributed by atoms with Crippen molar-refractivity contribution in [2.24, 2.45) is 13.0 Å². The Morgan fingerprint density at radius 1 is 1.35 bits per heavy atom. The molecule has 1 aliphatic heterocycles. The van der Waals surface area contributed by atoms with Crippen LogP contribution in [0.3, 0.4) is 0 Å². The van der Waals surface area contributed by atoms with E-state index in [9.17, 15) is 9.59 Å². The summed E-state index contributed by atoms with van der Waals surface area (Å²) in [7, 11) is 1.79. The van der Waals surface area contributed by atoms with E-state index in [-0.39, 0.29) is 5.91 Å². The van der Waals surface area contributed by atoms with Crippen molar-refractivity contribution in [3.05, 3.63) is 17.0 Å². The molecule has 1 aromatic heterocycles. The molecule has 0 unspecified atom stereocenters. The third-order valence-corrected chi connectivity index (χ3v) is 3.24. The average Bonchev–Trinajstić information content (AvgIpc) is 2.37. The maximum absolute atomic E-state index is 12.1. The van der Waals surface area contributed by atoms with E-state index >= 15 is 0 Å². The summed E-state index contributed by atoms with van der Waals surface area (Å²) in [6.07, 6.45) is 0. The number of carbonyl (C=O) groups is 2. The number of carboxylic acid groups (broad SMARTS) is 1. The normalized spacial score (nSPS) is 15.8. The fraction of sp³-hybridized carbons (Fsp3) is 0.545. The molecule has 6 nitrogen and oxygen atoms in total. The van der Waals surface area contributed by atoms with Gasteiger partial charge >= 0.3 is 5.97 Å². The molecule has 6 heteroatoms. The van der Waals surface area contributed by atoms with Gasteiger partial charge in [0.25, 0.3) is 5.91 Å². The van der Waals surface area contributed by atoms with E-state index in [2.05, 4.69) is 5.10 Å². The summed E-state index contributed by atoms with van der Waals surface area (Å²) in [5.74, 6) is -1.38. The number of amides is 1. The molecule has 0 radical (unpaired) electrons. The summed E-state index contributed by atoms with van der Waals surface area (Å²) in [5, 5.41) is 12.9. The first-order valence-electron chi connectivity index (χ1n) is 5.44. The Morgan fingerprint density at radius 3 is 2.35 bits per heavy atom. The van der Waals surface area contributed by atoms with Crippen molar-refractivity contribution in [3.63, 3.8) is 0 Å². The molecule has 0 spiro atoms. The second-order valence-corrected chi connectivity index (χ2v) is 4.41. The predicted molar refractivity (Wildman–Crippen MR) is 59.7 cm³/mol. The van der Waals surface area contributed by atoms with Gasteiger partial charge in [-0.3, -0.25) is 14.3 Å². The van der Waals surface area contributed by atoms with Gasteiger partial charge in [0.1, 0.15) is 0 Å². The van der Waals surface area contributed by atoms with Crippen LogP contribution in [0.2, 0.25) is 0 Å². The van der Waals surface area contributed by atoms with Crippen molar-refractivity contribution in [3.8, 4) is 0 Å². The van der Waals surface area contributed by atoms with Gasteiger partial charge < -0.3 is 10.0 Å². The standard InChI is InChI=1S/C11H15N3O3/c1-6-9(7(2)13(3)12-6)10(15)14-4-8(5-14)11(16)17/h8H,4-5H2,1-3H3,(H,16,17). The van der Waals surface area contributed by atoms with Crippen molar-refractivity contribution in [2.75, 3.05) is 13.1 Å². The average molecular weight is 237 g/mol. The summed E-state index contributed by atoms with van der Waals surface area (Å²) in [5.41, 5.74) is 2.09. The topological polar surface area (TPSA) is 75.4 Å². The first kappa shape index (κ1) is 11.6. The number of nitrogens with zero attached hydrogens (tertiary/aromatic N) is 3. The van der Waals surface area contributed by atoms with Gasteiger partial charge in [0.2, 0.25) is 0 Å². The summed E-state index contributed by atoms with van der Waals surface area (Å²) >= 11 is 0. The Kier molecular flexibility index (Phi) is 2.65. The van der Waals surface area contributed by atoms with Crippen LogP contribution in [0.1, 0.15) is 21.7 Å². The molecule has 92 valence electrons. The first-order valence-corrected chi connectivity index (χ1v) is 5.44. The summed E-state index contributed by atoms with van der Waals surface area (Å²) in [4.78, 5) is 24.4. The minimum Gasteiger partial charge on any atom is -0.481 e. The van der Waals surface area contributed by atoms with Crippen LogP contribution in [0.4, 0.5) is 0 Å². The monoisotopic (exact) mass is 237 g/mol. The number of hydrogen-bond acceptors (Lipinski definition) is 3. The number of rotatable bonds is 2. The summed E-state index contributed by atoms with van der Waals surface area (Å²) in [6, 6.07) is 0. The molecular formula is C11H15N3O3. The van der Waals surface area contributed by atoms with E-state index in [1.54, 1.807) is 23.6 Å². The van der Waals surface area contributed by atoms with E-state index in [1.807, 2.05) is 6.92 Å². The molecule has 0 aromatic carbocycles. The lowest BCUT2D eigenvalue weighted by Gasteiger charge is -2.36. The van der Waals surface area contributed by atoms with Crippen LogP contribution in [0.25, 0.3) is 0 Å². The Bertz CT molecular complexity index is 486. The Labute approximate surface area is 98.8 Å². The van der Waals surface area contributed by atoms with Gasteiger partial charge in [0, 0.05) is 25.8 Å². The first-order chi connectivity index (χ1) is 7.91. The molecule has 0 atom stereocenters. The zero-order chi connectivity index (χ0) is 12.7. The van der Waals surface area contributed by atoms with Crippen LogP contribution in [0, 0.1) is 19.8 Å². The molecule has 1 N–H and O–H groups in total. The number of carbonyl (C=O) groups excluding carboxylic acids is 1.